The molecule has 0 radical (unpaired) electrons. The third kappa shape index (κ3) is 4.74. The van der Waals surface area contributed by atoms with E-state index in [9.17, 15) is 9.90 Å². The second-order valence-electron chi connectivity index (χ2n) is 7.20. The van der Waals surface area contributed by atoms with Crippen LogP contribution in [0.1, 0.15) is 32.3 Å². The van der Waals surface area contributed by atoms with Crippen molar-refractivity contribution in [3.63, 3.8) is 0 Å². The molecule has 0 saturated carbocycles. The number of methoxy groups -OCH3 is 1. The number of carbonyl (C=O) groups is 1. The Hall–Kier alpha value is -1.04. The predicted molar refractivity (Wildman–Crippen MR) is 99.0 cm³/mol. The van der Waals surface area contributed by atoms with Gasteiger partial charge in [0.2, 0.25) is 5.91 Å². The van der Waals surface area contributed by atoms with Crippen molar-refractivity contribution in [3.05, 3.63) is 35.9 Å². The van der Waals surface area contributed by atoms with E-state index in [1.54, 1.807) is 18.9 Å². The number of likely N-dealkylation sites (tertiary alicyclic amines) is 1. The van der Waals surface area contributed by atoms with Crippen molar-refractivity contribution in [2.24, 2.45) is 5.41 Å². The number of amides is 1. The zero-order valence-corrected chi connectivity index (χ0v) is 15.8. The van der Waals surface area contributed by atoms with Gasteiger partial charge in [0.15, 0.2) is 0 Å². The first-order valence-corrected chi connectivity index (χ1v) is 9.64. The Kier molecular flexibility index (Phi) is 6.72. The van der Waals surface area contributed by atoms with Crippen molar-refractivity contribution in [1.29, 1.82) is 0 Å². The molecule has 0 bridgehead atoms. The average Bonchev–Trinajstić information content (AvgIpc) is 2.55. The summed E-state index contributed by atoms with van der Waals surface area (Å²) in [6.45, 7) is 5.51. The molecular weight excluding hydrogens is 322 g/mol. The minimum absolute atomic E-state index is 0.183. The molecular formula is C19H29NO3S. The Balaban J connectivity index is 1.77. The summed E-state index contributed by atoms with van der Waals surface area (Å²) in [5, 5.41) is 10.8. The van der Waals surface area contributed by atoms with E-state index in [1.165, 1.54) is 5.56 Å². The molecule has 1 aromatic carbocycles. The van der Waals surface area contributed by atoms with Crippen LogP contribution in [0.5, 0.6) is 0 Å². The number of carbonyl (C=O) groups excluding carboxylic acids is 1. The summed E-state index contributed by atoms with van der Waals surface area (Å²) in [7, 11) is 1.61. The van der Waals surface area contributed by atoms with Crippen LogP contribution >= 0.6 is 11.8 Å². The predicted octanol–water partition coefficient (Wildman–Crippen LogP) is 2.95. The second-order valence-corrected chi connectivity index (χ2v) is 8.31. The largest absolute Gasteiger partial charge is 0.387 e. The lowest BCUT2D eigenvalue weighted by Gasteiger charge is -2.50. The van der Waals surface area contributed by atoms with Gasteiger partial charge in [-0.2, -0.15) is 11.8 Å². The zero-order chi connectivity index (χ0) is 17.6. The summed E-state index contributed by atoms with van der Waals surface area (Å²) in [4.78, 5) is 14.4. The van der Waals surface area contributed by atoms with Crippen LogP contribution < -0.4 is 0 Å². The molecule has 1 aliphatic heterocycles. The van der Waals surface area contributed by atoms with Crippen molar-refractivity contribution in [2.75, 3.05) is 32.6 Å². The summed E-state index contributed by atoms with van der Waals surface area (Å²) in [6, 6.07) is 10.3. The molecule has 1 N–H and O–H groups in total. The molecule has 1 aliphatic rings. The van der Waals surface area contributed by atoms with Crippen molar-refractivity contribution in [1.82, 2.24) is 4.90 Å². The number of hydrogen-bond acceptors (Lipinski definition) is 4. The molecule has 0 spiro atoms. The van der Waals surface area contributed by atoms with E-state index in [1.807, 2.05) is 36.9 Å². The topological polar surface area (TPSA) is 49.8 Å². The molecule has 1 aromatic rings. The van der Waals surface area contributed by atoms with Gasteiger partial charge in [-0.25, -0.2) is 0 Å². The van der Waals surface area contributed by atoms with Gasteiger partial charge in [0.1, 0.15) is 0 Å². The first kappa shape index (κ1) is 19.3. The standard InChI is InChI=1S/C19H29NO3S/c1-18(2)14-20(11-10-19(18,22)15-23-3)17(21)9-12-24-13-16-7-5-4-6-8-16/h4-8,22H,9-15H2,1-3H3/t19-/m1/s1. The van der Waals surface area contributed by atoms with Crippen LogP contribution in [0.4, 0.5) is 0 Å². The van der Waals surface area contributed by atoms with Crippen LogP contribution in [0, 0.1) is 5.41 Å². The Morgan fingerprint density at radius 3 is 2.67 bits per heavy atom. The average molecular weight is 352 g/mol. The Morgan fingerprint density at radius 1 is 1.33 bits per heavy atom. The summed E-state index contributed by atoms with van der Waals surface area (Å²) in [5.74, 6) is 1.95. The number of hydrogen-bond donors (Lipinski definition) is 1. The summed E-state index contributed by atoms with van der Waals surface area (Å²) in [5.41, 5.74) is 0.0630. The van der Waals surface area contributed by atoms with E-state index in [0.717, 1.165) is 11.5 Å². The van der Waals surface area contributed by atoms with Gasteiger partial charge in [-0.15, -0.1) is 0 Å². The molecule has 0 aromatic heterocycles. The number of aliphatic hydroxyl groups is 1. The number of nitrogens with zero attached hydrogens (tertiary/aromatic N) is 1. The van der Waals surface area contributed by atoms with E-state index in [4.69, 9.17) is 4.74 Å². The normalized spacial score (nSPS) is 23.2. The second kappa shape index (κ2) is 8.37. The maximum absolute atomic E-state index is 12.5. The fourth-order valence-electron chi connectivity index (χ4n) is 3.16. The van der Waals surface area contributed by atoms with Crippen molar-refractivity contribution >= 4 is 17.7 Å². The van der Waals surface area contributed by atoms with E-state index in [-0.39, 0.29) is 11.3 Å². The quantitative estimate of drug-likeness (QED) is 0.768. The number of rotatable bonds is 7. The summed E-state index contributed by atoms with van der Waals surface area (Å²) < 4.78 is 5.18. The van der Waals surface area contributed by atoms with Crippen LogP contribution in [-0.4, -0.2) is 54.1 Å². The maximum Gasteiger partial charge on any atom is 0.223 e. The van der Waals surface area contributed by atoms with Crippen molar-refractivity contribution in [3.8, 4) is 0 Å². The summed E-state index contributed by atoms with van der Waals surface area (Å²) >= 11 is 1.79. The van der Waals surface area contributed by atoms with E-state index in [0.29, 0.717) is 32.5 Å². The lowest BCUT2D eigenvalue weighted by Crippen LogP contribution is -2.60. The molecule has 1 saturated heterocycles. The van der Waals surface area contributed by atoms with Gasteiger partial charge in [-0.3, -0.25) is 4.79 Å². The number of ether oxygens (including phenoxy) is 1. The van der Waals surface area contributed by atoms with Gasteiger partial charge in [0.25, 0.3) is 0 Å². The molecule has 1 fully saturated rings. The fourth-order valence-corrected chi connectivity index (χ4v) is 4.05. The highest BCUT2D eigenvalue weighted by Crippen LogP contribution is 2.39. The lowest BCUT2D eigenvalue weighted by molar-refractivity contribution is -0.163. The van der Waals surface area contributed by atoms with Gasteiger partial charge < -0.3 is 14.7 Å². The minimum atomic E-state index is -0.861. The van der Waals surface area contributed by atoms with Gasteiger partial charge in [-0.05, 0) is 12.0 Å². The van der Waals surface area contributed by atoms with Gasteiger partial charge in [0, 0.05) is 43.5 Å². The van der Waals surface area contributed by atoms with Crippen LogP contribution in [-0.2, 0) is 15.3 Å². The Labute approximate surface area is 149 Å². The maximum atomic E-state index is 12.5. The molecule has 1 atom stereocenters. The Morgan fingerprint density at radius 2 is 2.04 bits per heavy atom. The molecule has 24 heavy (non-hydrogen) atoms. The molecule has 2 rings (SSSR count). The Bertz CT molecular complexity index is 535. The molecule has 4 nitrogen and oxygen atoms in total. The van der Waals surface area contributed by atoms with Crippen LogP contribution in [0.2, 0.25) is 0 Å². The van der Waals surface area contributed by atoms with Crippen molar-refractivity contribution < 1.29 is 14.6 Å². The highest BCUT2D eigenvalue weighted by Gasteiger charge is 2.48. The molecule has 1 heterocycles. The molecule has 1 amide bonds. The van der Waals surface area contributed by atoms with Crippen LogP contribution in [0.15, 0.2) is 30.3 Å². The van der Waals surface area contributed by atoms with Gasteiger partial charge in [0.05, 0.1) is 12.2 Å². The first-order chi connectivity index (χ1) is 11.4. The number of thioether (sulfide) groups is 1. The van der Waals surface area contributed by atoms with E-state index < -0.39 is 5.60 Å². The monoisotopic (exact) mass is 351 g/mol. The number of benzene rings is 1. The van der Waals surface area contributed by atoms with Crippen molar-refractivity contribution in [2.45, 2.75) is 38.0 Å². The SMILES string of the molecule is COC[C@]1(O)CCN(C(=O)CCSCc2ccccc2)CC1(C)C. The minimum Gasteiger partial charge on any atom is -0.387 e. The molecule has 134 valence electrons. The highest BCUT2D eigenvalue weighted by atomic mass is 32.2. The molecule has 5 heteroatoms. The van der Waals surface area contributed by atoms with Gasteiger partial charge in [-0.1, -0.05) is 44.2 Å². The smallest absolute Gasteiger partial charge is 0.223 e. The zero-order valence-electron chi connectivity index (χ0n) is 15.0. The number of piperidine rings is 1. The summed E-state index contributed by atoms with van der Waals surface area (Å²) in [6.07, 6.45) is 1.12. The molecule has 0 unspecified atom stereocenters. The lowest BCUT2D eigenvalue weighted by atomic mass is 9.70. The van der Waals surface area contributed by atoms with Crippen LogP contribution in [0.3, 0.4) is 0 Å². The van der Waals surface area contributed by atoms with E-state index in [2.05, 4.69) is 12.1 Å². The van der Waals surface area contributed by atoms with E-state index >= 15 is 0 Å². The third-order valence-electron chi connectivity index (χ3n) is 4.95. The fraction of sp³-hybridized carbons (Fsp3) is 0.632. The van der Waals surface area contributed by atoms with Crippen LogP contribution in [0.25, 0.3) is 0 Å². The van der Waals surface area contributed by atoms with Gasteiger partial charge >= 0.3 is 0 Å². The highest BCUT2D eigenvalue weighted by molar-refractivity contribution is 7.98. The first-order valence-electron chi connectivity index (χ1n) is 8.49. The third-order valence-corrected chi connectivity index (χ3v) is 5.98. The molecule has 0 aliphatic carbocycles.